The second-order valence-electron chi connectivity index (χ2n) is 7.47. The van der Waals surface area contributed by atoms with E-state index in [-0.39, 0.29) is 11.2 Å². The van der Waals surface area contributed by atoms with Gasteiger partial charge in [-0.05, 0) is 32.9 Å². The number of anilines is 2. The molecule has 0 aliphatic carbocycles. The number of aryl methyl sites for hydroxylation is 2. The largest absolute Gasteiger partial charge is 0.378 e. The highest BCUT2D eigenvalue weighted by Gasteiger charge is 2.25. The number of carbonyl (C=O) groups is 1. The number of ether oxygens (including phenoxy) is 1. The van der Waals surface area contributed by atoms with Crippen LogP contribution in [-0.2, 0) is 16.6 Å². The third kappa shape index (κ3) is 4.45. The number of hydrogen-bond acceptors (Lipinski definition) is 7. The van der Waals surface area contributed by atoms with Gasteiger partial charge in [0.15, 0.2) is 5.16 Å². The van der Waals surface area contributed by atoms with Crippen molar-refractivity contribution in [2.75, 3.05) is 36.5 Å². The molecule has 164 valence electrons. The second-order valence-corrected chi connectivity index (χ2v) is 8.78. The van der Waals surface area contributed by atoms with Crippen molar-refractivity contribution in [3.63, 3.8) is 0 Å². The summed E-state index contributed by atoms with van der Waals surface area (Å²) < 4.78 is 9.26. The van der Waals surface area contributed by atoms with Crippen molar-refractivity contribution in [1.82, 2.24) is 24.5 Å². The van der Waals surface area contributed by atoms with Gasteiger partial charge in [0.1, 0.15) is 0 Å². The van der Waals surface area contributed by atoms with Gasteiger partial charge in [0.05, 0.1) is 41.2 Å². The minimum atomic E-state index is -0.372. The summed E-state index contributed by atoms with van der Waals surface area (Å²) in [6.07, 6.45) is 0. The summed E-state index contributed by atoms with van der Waals surface area (Å²) in [6, 6.07) is 9.98. The molecule has 0 saturated carbocycles. The van der Waals surface area contributed by atoms with Gasteiger partial charge in [0.25, 0.3) is 0 Å². The number of nitrogens with zero attached hydrogens (tertiary/aromatic N) is 6. The molecule has 10 heteroatoms. The van der Waals surface area contributed by atoms with Gasteiger partial charge in [0.2, 0.25) is 11.9 Å². The van der Waals surface area contributed by atoms with E-state index in [4.69, 9.17) is 4.74 Å². The third-order valence-corrected chi connectivity index (χ3v) is 6.38. The number of amides is 1. The fraction of sp³-hybridized carbons (Fsp3) is 0.429. The molecule has 1 fully saturated rings. The van der Waals surface area contributed by atoms with Crippen LogP contribution in [0.4, 0.5) is 11.6 Å². The summed E-state index contributed by atoms with van der Waals surface area (Å²) in [5, 5.41) is 16.6. The summed E-state index contributed by atoms with van der Waals surface area (Å²) in [4.78, 5) is 15.1. The lowest BCUT2D eigenvalue weighted by atomic mass is 10.3. The Morgan fingerprint density at radius 3 is 2.52 bits per heavy atom. The standard InChI is InChI=1S/C21H27N7O2S/c1-14-18(15(2)26(4)25-14)22-19(29)16(3)31-21-24-23-20(27-10-12-30-13-11-27)28(21)17-8-6-5-7-9-17/h5-9,16H,10-13H2,1-4H3,(H,22,29). The van der Waals surface area contributed by atoms with Crippen molar-refractivity contribution in [3.8, 4) is 5.69 Å². The Hall–Kier alpha value is -2.85. The average Bonchev–Trinajstić information content (AvgIpc) is 3.30. The molecule has 31 heavy (non-hydrogen) atoms. The van der Waals surface area contributed by atoms with Crippen molar-refractivity contribution in [3.05, 3.63) is 41.7 Å². The van der Waals surface area contributed by atoms with Crippen LogP contribution in [0.3, 0.4) is 0 Å². The molecule has 1 saturated heterocycles. The van der Waals surface area contributed by atoms with Crippen molar-refractivity contribution in [2.45, 2.75) is 31.2 Å². The van der Waals surface area contributed by atoms with Crippen molar-refractivity contribution < 1.29 is 9.53 Å². The zero-order valence-corrected chi connectivity index (χ0v) is 19.0. The molecule has 1 aliphatic rings. The summed E-state index contributed by atoms with van der Waals surface area (Å²) in [6.45, 7) is 8.53. The zero-order chi connectivity index (χ0) is 22.0. The van der Waals surface area contributed by atoms with E-state index in [1.165, 1.54) is 11.8 Å². The summed E-state index contributed by atoms with van der Waals surface area (Å²) in [5.41, 5.74) is 3.44. The van der Waals surface area contributed by atoms with E-state index in [1.54, 1.807) is 4.68 Å². The van der Waals surface area contributed by atoms with Crippen LogP contribution >= 0.6 is 11.8 Å². The van der Waals surface area contributed by atoms with Crippen molar-refractivity contribution >= 4 is 29.3 Å². The first kappa shape index (κ1) is 21.4. The number of hydrogen-bond donors (Lipinski definition) is 1. The predicted octanol–water partition coefficient (Wildman–Crippen LogP) is 2.57. The summed E-state index contributed by atoms with van der Waals surface area (Å²) >= 11 is 1.39. The molecule has 3 aromatic rings. The predicted molar refractivity (Wildman–Crippen MR) is 121 cm³/mol. The zero-order valence-electron chi connectivity index (χ0n) is 18.2. The van der Waals surface area contributed by atoms with Crippen LogP contribution in [0.15, 0.2) is 35.5 Å². The maximum atomic E-state index is 12.9. The number of rotatable bonds is 6. The van der Waals surface area contributed by atoms with Gasteiger partial charge in [-0.2, -0.15) is 5.10 Å². The highest BCUT2D eigenvalue weighted by atomic mass is 32.2. The van der Waals surface area contributed by atoms with E-state index in [9.17, 15) is 4.79 Å². The fourth-order valence-corrected chi connectivity index (χ4v) is 4.36. The first-order valence-electron chi connectivity index (χ1n) is 10.3. The smallest absolute Gasteiger partial charge is 0.237 e. The Labute approximate surface area is 185 Å². The first-order chi connectivity index (χ1) is 15.0. The Bertz CT molecular complexity index is 1060. The van der Waals surface area contributed by atoms with E-state index >= 15 is 0 Å². The maximum Gasteiger partial charge on any atom is 0.237 e. The van der Waals surface area contributed by atoms with E-state index in [0.717, 1.165) is 41.8 Å². The van der Waals surface area contributed by atoms with Gasteiger partial charge in [-0.15, -0.1) is 10.2 Å². The van der Waals surface area contributed by atoms with Crippen LogP contribution < -0.4 is 10.2 Å². The molecule has 0 bridgehead atoms. The van der Waals surface area contributed by atoms with E-state index in [1.807, 2.05) is 62.7 Å². The Balaban J connectivity index is 1.58. The minimum Gasteiger partial charge on any atom is -0.378 e. The minimum absolute atomic E-state index is 0.0975. The van der Waals surface area contributed by atoms with E-state index in [0.29, 0.717) is 18.4 Å². The van der Waals surface area contributed by atoms with Crippen LogP contribution in [-0.4, -0.2) is 62.0 Å². The molecule has 1 aliphatic heterocycles. The first-order valence-corrected chi connectivity index (χ1v) is 11.1. The average molecular weight is 442 g/mol. The van der Waals surface area contributed by atoms with Crippen LogP contribution in [0, 0.1) is 13.8 Å². The van der Waals surface area contributed by atoms with Gasteiger partial charge in [-0.1, -0.05) is 30.0 Å². The monoisotopic (exact) mass is 441 g/mol. The molecule has 1 N–H and O–H groups in total. The molecule has 1 aromatic carbocycles. The molecule has 2 aromatic heterocycles. The molecule has 1 atom stereocenters. The molecule has 3 heterocycles. The summed E-state index contributed by atoms with van der Waals surface area (Å²) in [5.74, 6) is 0.670. The van der Waals surface area contributed by atoms with E-state index in [2.05, 4.69) is 25.5 Å². The lowest BCUT2D eigenvalue weighted by Crippen LogP contribution is -2.37. The molecule has 0 spiro atoms. The SMILES string of the molecule is Cc1nn(C)c(C)c1NC(=O)C(C)Sc1nnc(N2CCOCC2)n1-c1ccccc1. The molecule has 9 nitrogen and oxygen atoms in total. The van der Waals surface area contributed by atoms with E-state index < -0.39 is 0 Å². The number of carbonyl (C=O) groups excluding carboxylic acids is 1. The van der Waals surface area contributed by atoms with Gasteiger partial charge >= 0.3 is 0 Å². The molecule has 1 unspecified atom stereocenters. The highest BCUT2D eigenvalue weighted by Crippen LogP contribution is 2.30. The number of para-hydroxylation sites is 1. The van der Waals surface area contributed by atoms with Gasteiger partial charge in [-0.25, -0.2) is 0 Å². The Kier molecular flexibility index (Phi) is 6.28. The normalized spacial score (nSPS) is 15.2. The lowest BCUT2D eigenvalue weighted by Gasteiger charge is -2.28. The molecule has 1 amide bonds. The van der Waals surface area contributed by atoms with Crippen LogP contribution in [0.1, 0.15) is 18.3 Å². The van der Waals surface area contributed by atoms with Gasteiger partial charge < -0.3 is 15.0 Å². The van der Waals surface area contributed by atoms with Crippen molar-refractivity contribution in [2.24, 2.45) is 7.05 Å². The Morgan fingerprint density at radius 1 is 1.16 bits per heavy atom. The van der Waals surface area contributed by atoms with Crippen LogP contribution in [0.25, 0.3) is 5.69 Å². The number of thioether (sulfide) groups is 1. The van der Waals surface area contributed by atoms with Gasteiger partial charge in [0, 0.05) is 20.1 Å². The molecule has 4 rings (SSSR count). The maximum absolute atomic E-state index is 12.9. The summed E-state index contributed by atoms with van der Waals surface area (Å²) in [7, 11) is 1.87. The number of morpholine rings is 1. The fourth-order valence-electron chi connectivity index (χ4n) is 3.50. The lowest BCUT2D eigenvalue weighted by molar-refractivity contribution is -0.115. The highest BCUT2D eigenvalue weighted by molar-refractivity contribution is 8.00. The number of nitrogens with one attached hydrogen (secondary N) is 1. The quantitative estimate of drug-likeness (QED) is 0.588. The topological polar surface area (TPSA) is 90.1 Å². The van der Waals surface area contributed by atoms with Gasteiger partial charge in [-0.3, -0.25) is 14.0 Å². The molecule has 0 radical (unpaired) electrons. The van der Waals surface area contributed by atoms with Crippen molar-refractivity contribution in [1.29, 1.82) is 0 Å². The molecular weight excluding hydrogens is 414 g/mol. The number of aromatic nitrogens is 5. The second kappa shape index (κ2) is 9.11. The Morgan fingerprint density at radius 2 is 1.87 bits per heavy atom. The van der Waals surface area contributed by atoms with Crippen LogP contribution in [0.5, 0.6) is 0 Å². The number of benzene rings is 1. The molecular formula is C21H27N7O2S. The third-order valence-electron chi connectivity index (χ3n) is 5.33. The van der Waals surface area contributed by atoms with Crippen LogP contribution in [0.2, 0.25) is 0 Å².